The number of esters is 1. The lowest BCUT2D eigenvalue weighted by molar-refractivity contribution is -0.156. The minimum Gasteiger partial charge on any atom is -0.463 e. The normalized spacial score (nSPS) is 17.6. The average molecular weight is 503 g/mol. The van der Waals surface area contributed by atoms with Crippen molar-refractivity contribution in [3.05, 3.63) is 11.6 Å². The summed E-state index contributed by atoms with van der Waals surface area (Å²) in [6.45, 7) is 10.1. The van der Waals surface area contributed by atoms with Crippen molar-refractivity contribution in [1.29, 1.82) is 0 Å². The van der Waals surface area contributed by atoms with Gasteiger partial charge < -0.3 is 30.3 Å². The number of ether oxygens (including phenoxy) is 1. The van der Waals surface area contributed by atoms with Crippen molar-refractivity contribution in [2.24, 2.45) is 17.8 Å². The summed E-state index contributed by atoms with van der Waals surface area (Å²) >= 11 is 0. The number of aliphatic hydroxyl groups excluding tert-OH is 5. The lowest BCUT2D eigenvalue weighted by atomic mass is 9.91. The quantitative estimate of drug-likeness (QED) is 0.118. The fraction of sp³-hybridized carbons (Fsp3) is 0.893. The minimum atomic E-state index is -1.73. The van der Waals surface area contributed by atoms with Crippen molar-refractivity contribution in [3.8, 4) is 0 Å². The van der Waals surface area contributed by atoms with Crippen LogP contribution in [0.15, 0.2) is 11.6 Å². The van der Waals surface area contributed by atoms with E-state index in [1.165, 1.54) is 50.5 Å². The number of rotatable bonds is 21. The molecule has 6 atom stereocenters. The highest BCUT2D eigenvalue weighted by atomic mass is 16.5. The first-order valence-electron chi connectivity index (χ1n) is 13.6. The predicted molar refractivity (Wildman–Crippen MR) is 140 cm³/mol. The summed E-state index contributed by atoms with van der Waals surface area (Å²) in [6, 6.07) is 0. The van der Waals surface area contributed by atoms with E-state index in [1.54, 1.807) is 0 Å². The van der Waals surface area contributed by atoms with Crippen LogP contribution < -0.4 is 0 Å². The molecule has 0 aliphatic rings. The average Bonchev–Trinajstić information content (AvgIpc) is 2.80. The molecule has 5 N–H and O–H groups in total. The number of carbonyl (C=O) groups is 1. The lowest BCUT2D eigenvalue weighted by Gasteiger charge is -2.25. The maximum Gasteiger partial charge on any atom is 0.306 e. The Morgan fingerprint density at radius 3 is 1.83 bits per heavy atom. The van der Waals surface area contributed by atoms with Crippen LogP contribution >= 0.6 is 0 Å². The van der Waals surface area contributed by atoms with E-state index in [-0.39, 0.29) is 6.42 Å². The maximum atomic E-state index is 11.9. The Morgan fingerprint density at radius 2 is 1.29 bits per heavy atom. The van der Waals surface area contributed by atoms with Gasteiger partial charge in [0.25, 0.3) is 0 Å². The Bertz CT molecular complexity index is 564. The highest BCUT2D eigenvalue weighted by Gasteiger charge is 2.30. The first-order chi connectivity index (χ1) is 16.5. The summed E-state index contributed by atoms with van der Waals surface area (Å²) in [5, 5.41) is 47.1. The molecule has 0 aliphatic carbocycles. The summed E-state index contributed by atoms with van der Waals surface area (Å²) < 4.78 is 4.94. The summed E-state index contributed by atoms with van der Waals surface area (Å²) in [4.78, 5) is 11.9. The fourth-order valence-corrected chi connectivity index (χ4v) is 4.16. The molecule has 7 heteroatoms. The first-order valence-corrected chi connectivity index (χ1v) is 13.6. The summed E-state index contributed by atoms with van der Waals surface area (Å²) in [6.07, 6.45) is 7.49. The van der Waals surface area contributed by atoms with E-state index >= 15 is 0 Å². The molecule has 35 heavy (non-hydrogen) atoms. The Morgan fingerprint density at radius 1 is 0.771 bits per heavy atom. The van der Waals surface area contributed by atoms with Crippen molar-refractivity contribution >= 4 is 5.97 Å². The monoisotopic (exact) mass is 502 g/mol. The zero-order valence-corrected chi connectivity index (χ0v) is 22.9. The van der Waals surface area contributed by atoms with Crippen LogP contribution in [0, 0.1) is 17.8 Å². The number of aliphatic hydroxyl groups is 5. The number of allylic oxidation sites excluding steroid dienone is 2. The van der Waals surface area contributed by atoms with Crippen LogP contribution in [-0.4, -0.2) is 69.1 Å². The van der Waals surface area contributed by atoms with E-state index in [1.807, 2.05) is 6.08 Å². The molecule has 0 aromatic rings. The van der Waals surface area contributed by atoms with Crippen molar-refractivity contribution in [1.82, 2.24) is 0 Å². The first kappa shape index (κ1) is 34.0. The van der Waals surface area contributed by atoms with Crippen LogP contribution in [-0.2, 0) is 9.53 Å². The minimum absolute atomic E-state index is 0.160. The van der Waals surface area contributed by atoms with E-state index in [2.05, 4.69) is 34.6 Å². The molecule has 0 heterocycles. The third-order valence-corrected chi connectivity index (χ3v) is 6.72. The molecule has 0 spiro atoms. The Hall–Kier alpha value is -0.990. The Kier molecular flexibility index (Phi) is 19.5. The molecule has 0 rings (SSSR count). The topological polar surface area (TPSA) is 127 Å². The molecule has 0 fully saturated rings. The number of hydrogen-bond donors (Lipinski definition) is 5. The van der Waals surface area contributed by atoms with Gasteiger partial charge in [-0.05, 0) is 43.9 Å². The molecule has 0 saturated carbocycles. The number of carbonyl (C=O) groups excluding carboxylic acids is 1. The van der Waals surface area contributed by atoms with E-state index in [4.69, 9.17) is 9.84 Å². The molecule has 0 amide bonds. The van der Waals surface area contributed by atoms with Gasteiger partial charge >= 0.3 is 5.97 Å². The van der Waals surface area contributed by atoms with Gasteiger partial charge in [-0.25, -0.2) is 0 Å². The van der Waals surface area contributed by atoms with Gasteiger partial charge in [-0.1, -0.05) is 84.3 Å². The Labute approximate surface area is 213 Å². The highest BCUT2D eigenvalue weighted by molar-refractivity contribution is 5.69. The zero-order valence-electron chi connectivity index (χ0n) is 22.9. The van der Waals surface area contributed by atoms with Crippen LogP contribution in [0.3, 0.4) is 0 Å². The molecule has 0 aromatic heterocycles. The van der Waals surface area contributed by atoms with Gasteiger partial charge in [0.1, 0.15) is 31.0 Å². The molecule has 0 radical (unpaired) electrons. The molecule has 7 nitrogen and oxygen atoms in total. The zero-order chi connectivity index (χ0) is 26.8. The van der Waals surface area contributed by atoms with Gasteiger partial charge in [0.15, 0.2) is 0 Å². The van der Waals surface area contributed by atoms with Crippen LogP contribution in [0.25, 0.3) is 0 Å². The number of hydrogen-bond acceptors (Lipinski definition) is 7. The fourth-order valence-electron chi connectivity index (χ4n) is 4.16. The van der Waals surface area contributed by atoms with Gasteiger partial charge in [-0.15, -0.1) is 0 Å². The molecular formula is C28H54O7. The molecule has 0 aliphatic heterocycles. The standard InChI is InChI=1S/C28H54O7/c1-20(2)10-6-11-21(3)12-7-13-22(4)14-8-15-23(5)16-9-17-26(32)35-19-25(31)28(34)27(33)24(30)18-29/h16,20-22,24-25,27-31,33-34H,6-15,17-19H2,1-5H3/b23-16+/t21?,22?,24-,25-,27-,28-/m0/s1. The van der Waals surface area contributed by atoms with Gasteiger partial charge in [0.2, 0.25) is 0 Å². The van der Waals surface area contributed by atoms with Gasteiger partial charge in [0.05, 0.1) is 6.61 Å². The molecular weight excluding hydrogens is 448 g/mol. The summed E-state index contributed by atoms with van der Waals surface area (Å²) in [5.41, 5.74) is 1.25. The van der Waals surface area contributed by atoms with Crippen molar-refractivity contribution in [2.45, 2.75) is 130 Å². The van der Waals surface area contributed by atoms with E-state index in [0.717, 1.165) is 30.6 Å². The largest absolute Gasteiger partial charge is 0.463 e. The Balaban J connectivity index is 3.94. The highest BCUT2D eigenvalue weighted by Crippen LogP contribution is 2.22. The van der Waals surface area contributed by atoms with Crippen LogP contribution in [0.5, 0.6) is 0 Å². The van der Waals surface area contributed by atoms with Gasteiger partial charge in [-0.2, -0.15) is 0 Å². The molecule has 208 valence electrons. The van der Waals surface area contributed by atoms with Crippen LogP contribution in [0.4, 0.5) is 0 Å². The SMILES string of the molecule is C/C(=C\CCC(=O)OC[C@H](O)[C@H](O)[C@@H](O)[C@@H](O)CO)CCCC(C)CCCC(C)CCCC(C)C. The molecule has 0 bridgehead atoms. The molecule has 0 saturated heterocycles. The van der Waals surface area contributed by atoms with Crippen molar-refractivity contribution in [2.75, 3.05) is 13.2 Å². The lowest BCUT2D eigenvalue weighted by Crippen LogP contribution is -2.47. The van der Waals surface area contributed by atoms with Crippen LogP contribution in [0.1, 0.15) is 105 Å². The third kappa shape index (κ3) is 18.0. The van der Waals surface area contributed by atoms with Gasteiger partial charge in [-0.3, -0.25) is 4.79 Å². The van der Waals surface area contributed by atoms with E-state index in [0.29, 0.717) is 6.42 Å². The summed E-state index contributed by atoms with van der Waals surface area (Å²) in [7, 11) is 0. The molecule has 2 unspecified atom stereocenters. The predicted octanol–water partition coefficient (Wildman–Crippen LogP) is 4.13. The summed E-state index contributed by atoms with van der Waals surface area (Å²) in [5.74, 6) is 1.86. The second kappa shape index (κ2) is 20.1. The van der Waals surface area contributed by atoms with Crippen molar-refractivity contribution in [3.63, 3.8) is 0 Å². The smallest absolute Gasteiger partial charge is 0.306 e. The van der Waals surface area contributed by atoms with Gasteiger partial charge in [0, 0.05) is 6.42 Å². The molecule has 0 aromatic carbocycles. The van der Waals surface area contributed by atoms with Crippen LogP contribution in [0.2, 0.25) is 0 Å². The second-order valence-corrected chi connectivity index (χ2v) is 10.9. The van der Waals surface area contributed by atoms with E-state index in [9.17, 15) is 25.2 Å². The van der Waals surface area contributed by atoms with E-state index < -0.39 is 43.6 Å². The third-order valence-electron chi connectivity index (χ3n) is 6.72. The van der Waals surface area contributed by atoms with Crippen molar-refractivity contribution < 1.29 is 35.1 Å². The second-order valence-electron chi connectivity index (χ2n) is 10.9. The maximum absolute atomic E-state index is 11.9.